The average Bonchev–Trinajstić information content (AvgIpc) is 3.14. The van der Waals surface area contributed by atoms with Gasteiger partial charge in [0.1, 0.15) is 12.1 Å². The highest BCUT2D eigenvalue weighted by molar-refractivity contribution is 5.87. The Balaban J connectivity index is 1.46. The van der Waals surface area contributed by atoms with Gasteiger partial charge >= 0.3 is 12.1 Å². The maximum absolute atomic E-state index is 12.8. The monoisotopic (exact) mass is 466 g/mol. The Morgan fingerprint density at radius 2 is 1.62 bits per heavy atom. The molecule has 0 aliphatic heterocycles. The van der Waals surface area contributed by atoms with Crippen molar-refractivity contribution >= 4 is 18.0 Å². The van der Waals surface area contributed by atoms with Gasteiger partial charge in [-0.25, -0.2) is 9.59 Å². The van der Waals surface area contributed by atoms with Crippen LogP contribution < -0.4 is 5.32 Å². The molecular weight excluding hydrogens is 432 g/mol. The number of nitrogens with one attached hydrogen (secondary N) is 1. The highest BCUT2D eigenvalue weighted by Gasteiger charge is 2.38. The minimum absolute atomic E-state index is 0.00779. The van der Waals surface area contributed by atoms with Crippen molar-refractivity contribution in [2.24, 2.45) is 5.92 Å². The Kier molecular flexibility index (Phi) is 7.97. The van der Waals surface area contributed by atoms with Crippen molar-refractivity contribution in [2.45, 2.75) is 52.0 Å². The van der Waals surface area contributed by atoms with E-state index < -0.39 is 17.6 Å². The smallest absolute Gasteiger partial charge is 0.407 e. The molecule has 2 N–H and O–H groups in total. The lowest BCUT2D eigenvalue weighted by atomic mass is 9.97. The highest BCUT2D eigenvalue weighted by Crippen LogP contribution is 2.44. The maximum Gasteiger partial charge on any atom is 0.407 e. The summed E-state index contributed by atoms with van der Waals surface area (Å²) in [5.74, 6) is -1.57. The molecule has 7 nitrogen and oxygen atoms in total. The molecule has 2 aromatic rings. The predicted molar refractivity (Wildman–Crippen MR) is 131 cm³/mol. The number of alkyl carbamates (subject to hydrolysis) is 1. The summed E-state index contributed by atoms with van der Waals surface area (Å²) < 4.78 is 5.53. The standard InChI is InChI=1S/C27H34N2O5/c1-5-29(27(3,4)25(31)32)24(30)18(2)11-10-16-28-26(33)34-17-23-21-14-8-6-12-19(21)20-13-7-9-15-22(20)23/h6-9,12-15,18,23H,5,10-11,16-17H2,1-4H3,(H,28,33)(H,31,32). The van der Waals surface area contributed by atoms with Crippen LogP contribution in [-0.2, 0) is 14.3 Å². The number of hydrogen-bond donors (Lipinski definition) is 2. The Bertz CT molecular complexity index is 1000. The number of fused-ring (bicyclic) bond motifs is 3. The van der Waals surface area contributed by atoms with Crippen LogP contribution in [0.3, 0.4) is 0 Å². The van der Waals surface area contributed by atoms with Crippen molar-refractivity contribution in [1.29, 1.82) is 0 Å². The normalized spacial score (nSPS) is 13.5. The van der Waals surface area contributed by atoms with E-state index in [9.17, 15) is 19.5 Å². The molecule has 0 saturated heterocycles. The molecule has 0 bridgehead atoms. The van der Waals surface area contributed by atoms with E-state index in [2.05, 4.69) is 29.6 Å². The summed E-state index contributed by atoms with van der Waals surface area (Å²) in [7, 11) is 0. The van der Waals surface area contributed by atoms with E-state index in [0.717, 1.165) is 11.1 Å². The molecule has 0 saturated carbocycles. The van der Waals surface area contributed by atoms with Crippen molar-refractivity contribution in [3.8, 4) is 11.1 Å². The zero-order valence-electron chi connectivity index (χ0n) is 20.3. The molecule has 34 heavy (non-hydrogen) atoms. The summed E-state index contributed by atoms with van der Waals surface area (Å²) in [5, 5.41) is 12.2. The summed E-state index contributed by atoms with van der Waals surface area (Å²) in [6, 6.07) is 16.4. The van der Waals surface area contributed by atoms with Crippen LogP contribution in [0.5, 0.6) is 0 Å². The van der Waals surface area contributed by atoms with Gasteiger partial charge in [-0.15, -0.1) is 0 Å². The van der Waals surface area contributed by atoms with Crippen LogP contribution in [-0.4, -0.2) is 53.2 Å². The third-order valence-corrected chi connectivity index (χ3v) is 6.63. The van der Waals surface area contributed by atoms with Gasteiger partial charge in [-0.05, 0) is 55.9 Å². The van der Waals surface area contributed by atoms with Crippen LogP contribution in [0, 0.1) is 5.92 Å². The maximum atomic E-state index is 12.8. The second-order valence-corrected chi connectivity index (χ2v) is 9.24. The molecule has 0 aromatic heterocycles. The van der Waals surface area contributed by atoms with Gasteiger partial charge in [0.2, 0.25) is 5.91 Å². The van der Waals surface area contributed by atoms with E-state index in [0.29, 0.717) is 25.9 Å². The van der Waals surface area contributed by atoms with Gasteiger partial charge in [-0.1, -0.05) is 55.5 Å². The summed E-state index contributed by atoms with van der Waals surface area (Å²) in [5.41, 5.74) is 3.41. The SMILES string of the molecule is CCN(C(=O)C(C)CCCNC(=O)OCC1c2ccccc2-c2ccccc21)C(C)(C)C(=O)O. The summed E-state index contributed by atoms with van der Waals surface area (Å²) >= 11 is 0. The first-order valence-electron chi connectivity index (χ1n) is 11.8. The van der Waals surface area contributed by atoms with Gasteiger partial charge in [0.15, 0.2) is 0 Å². The van der Waals surface area contributed by atoms with Gasteiger partial charge < -0.3 is 20.1 Å². The summed E-state index contributed by atoms with van der Waals surface area (Å²) in [4.78, 5) is 38.0. The zero-order chi connectivity index (χ0) is 24.9. The van der Waals surface area contributed by atoms with Gasteiger partial charge in [0, 0.05) is 24.9 Å². The number of rotatable bonds is 10. The van der Waals surface area contributed by atoms with Crippen LogP contribution in [0.15, 0.2) is 48.5 Å². The van der Waals surface area contributed by atoms with Crippen molar-refractivity contribution in [2.75, 3.05) is 19.7 Å². The largest absolute Gasteiger partial charge is 0.480 e. The third kappa shape index (κ3) is 5.24. The molecule has 2 aromatic carbocycles. The lowest BCUT2D eigenvalue weighted by molar-refractivity contribution is -0.158. The molecule has 7 heteroatoms. The Morgan fingerprint density at radius 1 is 1.06 bits per heavy atom. The van der Waals surface area contributed by atoms with E-state index in [1.807, 2.05) is 24.3 Å². The van der Waals surface area contributed by atoms with E-state index in [-0.39, 0.29) is 24.3 Å². The predicted octanol–water partition coefficient (Wildman–Crippen LogP) is 4.65. The van der Waals surface area contributed by atoms with Gasteiger partial charge in [0.25, 0.3) is 0 Å². The third-order valence-electron chi connectivity index (χ3n) is 6.63. The fraction of sp³-hybridized carbons (Fsp3) is 0.444. The first-order valence-corrected chi connectivity index (χ1v) is 11.8. The highest BCUT2D eigenvalue weighted by atomic mass is 16.5. The number of carboxylic acid groups (broad SMARTS) is 1. The van der Waals surface area contributed by atoms with Crippen molar-refractivity contribution in [1.82, 2.24) is 10.2 Å². The van der Waals surface area contributed by atoms with Gasteiger partial charge in [0.05, 0.1) is 0 Å². The van der Waals surface area contributed by atoms with E-state index in [1.165, 1.54) is 29.9 Å². The van der Waals surface area contributed by atoms with Crippen molar-refractivity contribution in [3.05, 3.63) is 59.7 Å². The van der Waals surface area contributed by atoms with E-state index in [4.69, 9.17) is 4.74 Å². The molecule has 0 fully saturated rings. The molecule has 3 rings (SSSR count). The summed E-state index contributed by atoms with van der Waals surface area (Å²) in [6.07, 6.45) is 0.639. The molecule has 2 amide bonds. The van der Waals surface area contributed by atoms with E-state index in [1.54, 1.807) is 13.8 Å². The number of amides is 2. The minimum atomic E-state index is -1.26. The Hall–Kier alpha value is -3.35. The second-order valence-electron chi connectivity index (χ2n) is 9.24. The van der Waals surface area contributed by atoms with Crippen LogP contribution in [0.25, 0.3) is 11.1 Å². The van der Waals surface area contributed by atoms with E-state index >= 15 is 0 Å². The number of aliphatic carboxylic acids is 1. The van der Waals surface area contributed by atoms with Gasteiger partial charge in [-0.2, -0.15) is 0 Å². The number of benzene rings is 2. The molecular formula is C27H34N2O5. The summed E-state index contributed by atoms with van der Waals surface area (Å²) in [6.45, 7) is 7.57. The number of carboxylic acids is 1. The molecule has 1 atom stereocenters. The first-order chi connectivity index (χ1) is 16.2. The lowest BCUT2D eigenvalue weighted by Gasteiger charge is -2.36. The first kappa shape index (κ1) is 25.3. The van der Waals surface area contributed by atoms with Crippen LogP contribution in [0.1, 0.15) is 57.6 Å². The second kappa shape index (κ2) is 10.7. The van der Waals surface area contributed by atoms with Crippen LogP contribution in [0.4, 0.5) is 4.79 Å². The number of carbonyl (C=O) groups excluding carboxylic acids is 2. The fourth-order valence-electron chi connectivity index (χ4n) is 4.58. The number of carbonyl (C=O) groups is 3. The average molecular weight is 467 g/mol. The Labute approximate surface area is 201 Å². The minimum Gasteiger partial charge on any atom is -0.480 e. The van der Waals surface area contributed by atoms with Gasteiger partial charge in [-0.3, -0.25) is 4.79 Å². The number of hydrogen-bond acceptors (Lipinski definition) is 4. The molecule has 0 spiro atoms. The van der Waals surface area contributed by atoms with Crippen LogP contribution in [0.2, 0.25) is 0 Å². The number of likely N-dealkylation sites (N-methyl/N-ethyl adjacent to an activating group) is 1. The zero-order valence-corrected chi connectivity index (χ0v) is 20.3. The molecule has 0 heterocycles. The number of ether oxygens (including phenoxy) is 1. The topological polar surface area (TPSA) is 95.9 Å². The Morgan fingerprint density at radius 3 is 2.15 bits per heavy atom. The van der Waals surface area contributed by atoms with Crippen molar-refractivity contribution in [3.63, 3.8) is 0 Å². The molecule has 0 radical (unpaired) electrons. The van der Waals surface area contributed by atoms with Crippen LogP contribution >= 0.6 is 0 Å². The molecule has 1 aliphatic rings. The number of nitrogens with zero attached hydrogens (tertiary/aromatic N) is 1. The fourth-order valence-corrected chi connectivity index (χ4v) is 4.58. The van der Waals surface area contributed by atoms with Crippen molar-refractivity contribution < 1.29 is 24.2 Å². The molecule has 1 unspecified atom stereocenters. The molecule has 1 aliphatic carbocycles. The quantitative estimate of drug-likeness (QED) is 0.497. The molecule has 182 valence electrons. The lowest BCUT2D eigenvalue weighted by Crippen LogP contribution is -2.54.